The van der Waals surface area contributed by atoms with Gasteiger partial charge in [-0.15, -0.1) is 0 Å². The van der Waals surface area contributed by atoms with E-state index in [2.05, 4.69) is 38.2 Å². The Morgan fingerprint density at radius 2 is 1.71 bits per heavy atom. The highest BCUT2D eigenvalue weighted by atomic mass is 19.1. The second-order valence-corrected chi connectivity index (χ2v) is 9.53. The quantitative estimate of drug-likeness (QED) is 0.260. The number of fused-ring (bicyclic) bond motifs is 1. The van der Waals surface area contributed by atoms with Gasteiger partial charge in [-0.25, -0.2) is 18.0 Å². The van der Waals surface area contributed by atoms with E-state index < -0.39 is 29.2 Å². The fourth-order valence-electron chi connectivity index (χ4n) is 4.03. The molecule has 1 N–H and O–H groups in total. The zero-order valence-electron chi connectivity index (χ0n) is 20.8. The third-order valence-electron chi connectivity index (χ3n) is 6.05. The fourth-order valence-corrected chi connectivity index (χ4v) is 4.03. The van der Waals surface area contributed by atoms with Crippen LogP contribution >= 0.6 is 0 Å². The average molecular weight is 489 g/mol. The van der Waals surface area contributed by atoms with Crippen molar-refractivity contribution in [2.45, 2.75) is 72.3 Å². The summed E-state index contributed by atoms with van der Waals surface area (Å²) in [5, 5.41) is 3.24. The number of carbonyl (C=O) groups excluding carboxylic acids is 1. The van der Waals surface area contributed by atoms with E-state index in [-0.39, 0.29) is 6.54 Å². The molecule has 0 aliphatic carbocycles. The molecule has 1 heterocycles. The molecule has 0 unspecified atom stereocenters. The summed E-state index contributed by atoms with van der Waals surface area (Å²) in [4.78, 5) is 14.5. The number of anilines is 1. The molecule has 0 saturated carbocycles. The van der Waals surface area contributed by atoms with Crippen LogP contribution in [-0.4, -0.2) is 17.5 Å². The van der Waals surface area contributed by atoms with Gasteiger partial charge in [0.1, 0.15) is 22.8 Å². The first-order valence-corrected chi connectivity index (χ1v) is 12.5. The molecule has 35 heavy (non-hydrogen) atoms. The summed E-state index contributed by atoms with van der Waals surface area (Å²) >= 11 is 0. The number of rotatable bonds is 12. The monoisotopic (exact) mass is 488 g/mol. The van der Waals surface area contributed by atoms with E-state index in [0.29, 0.717) is 30.4 Å². The first-order valence-electron chi connectivity index (χ1n) is 12.5. The van der Waals surface area contributed by atoms with Crippen LogP contribution in [0.2, 0.25) is 0 Å². The molecule has 0 bridgehead atoms. The summed E-state index contributed by atoms with van der Waals surface area (Å²) in [7, 11) is 0. The maximum atomic E-state index is 14.1. The number of unbranched alkanes of at least 4 members (excludes halogenated alkanes) is 4. The molecule has 1 aromatic heterocycles. The number of nitrogens with one attached hydrogen (secondary N) is 1. The molecule has 0 aliphatic heterocycles. The van der Waals surface area contributed by atoms with E-state index in [1.165, 1.54) is 10.5 Å². The van der Waals surface area contributed by atoms with Gasteiger partial charge >= 0.3 is 6.03 Å². The lowest BCUT2D eigenvalue weighted by molar-refractivity contribution is 0.203. The third kappa shape index (κ3) is 7.77. The number of hydrogen-bond acceptors (Lipinski definition) is 2. The number of urea groups is 1. The standard InChI is InChI=1S/C28H35F3N2O2/c1-4-5-6-7-8-13-33(28(34)32-27-24(30)16-22(29)17-25(27)31)18-23-15-21-14-20(10-9-19(2)3)11-12-26(21)35-23/h11-12,14-17,19H,4-10,13,18H2,1-3H3,(H,32,34). The summed E-state index contributed by atoms with van der Waals surface area (Å²) in [6.45, 7) is 7.07. The number of aryl methyl sites for hydroxylation is 1. The van der Waals surface area contributed by atoms with Gasteiger partial charge in [0.2, 0.25) is 0 Å². The average Bonchev–Trinajstić information content (AvgIpc) is 3.20. The van der Waals surface area contributed by atoms with Crippen molar-refractivity contribution in [1.82, 2.24) is 4.90 Å². The normalized spacial score (nSPS) is 11.4. The topological polar surface area (TPSA) is 45.5 Å². The van der Waals surface area contributed by atoms with Gasteiger partial charge in [-0.3, -0.25) is 0 Å². The van der Waals surface area contributed by atoms with Gasteiger partial charge in [0.15, 0.2) is 11.6 Å². The third-order valence-corrected chi connectivity index (χ3v) is 6.05. The second-order valence-electron chi connectivity index (χ2n) is 9.53. The maximum Gasteiger partial charge on any atom is 0.322 e. The molecule has 190 valence electrons. The Kier molecular flexibility index (Phi) is 9.64. The van der Waals surface area contributed by atoms with Gasteiger partial charge in [0, 0.05) is 24.1 Å². The molecule has 2 amide bonds. The van der Waals surface area contributed by atoms with E-state index in [0.717, 1.165) is 55.9 Å². The van der Waals surface area contributed by atoms with Gasteiger partial charge < -0.3 is 14.6 Å². The van der Waals surface area contributed by atoms with E-state index >= 15 is 0 Å². The van der Waals surface area contributed by atoms with Crippen LogP contribution in [0.3, 0.4) is 0 Å². The first-order chi connectivity index (χ1) is 16.8. The Hall–Kier alpha value is -2.96. The predicted octanol–water partition coefficient (Wildman–Crippen LogP) is 8.44. The Balaban J connectivity index is 1.76. The van der Waals surface area contributed by atoms with Crippen molar-refractivity contribution in [3.05, 3.63) is 65.2 Å². The maximum absolute atomic E-state index is 14.1. The Morgan fingerprint density at radius 3 is 2.40 bits per heavy atom. The molecule has 0 radical (unpaired) electrons. The zero-order valence-corrected chi connectivity index (χ0v) is 20.8. The van der Waals surface area contributed by atoms with Gasteiger partial charge in [0.05, 0.1) is 6.54 Å². The van der Waals surface area contributed by atoms with Crippen molar-refractivity contribution in [1.29, 1.82) is 0 Å². The summed E-state index contributed by atoms with van der Waals surface area (Å²) in [6, 6.07) is 8.42. The van der Waals surface area contributed by atoms with Crippen molar-refractivity contribution >= 4 is 22.7 Å². The highest BCUT2D eigenvalue weighted by Crippen LogP contribution is 2.25. The molecule has 7 heteroatoms. The minimum Gasteiger partial charge on any atom is -0.459 e. The summed E-state index contributed by atoms with van der Waals surface area (Å²) in [5.41, 5.74) is 1.30. The Bertz CT molecular complexity index is 1100. The largest absolute Gasteiger partial charge is 0.459 e. The Morgan fingerprint density at radius 1 is 1.00 bits per heavy atom. The van der Waals surface area contributed by atoms with Gasteiger partial charge in [-0.2, -0.15) is 0 Å². The van der Waals surface area contributed by atoms with E-state index in [1.54, 1.807) is 0 Å². The molecule has 3 rings (SSSR count). The number of furan rings is 1. The Labute approximate surface area is 205 Å². The smallest absolute Gasteiger partial charge is 0.322 e. The first kappa shape index (κ1) is 26.6. The second kappa shape index (κ2) is 12.7. The minimum atomic E-state index is -1.16. The van der Waals surface area contributed by atoms with E-state index in [9.17, 15) is 18.0 Å². The lowest BCUT2D eigenvalue weighted by Crippen LogP contribution is -2.35. The van der Waals surface area contributed by atoms with E-state index in [1.807, 2.05) is 12.1 Å². The number of benzene rings is 2. The van der Waals surface area contributed by atoms with Crippen LogP contribution in [0.15, 0.2) is 40.8 Å². The molecule has 0 fully saturated rings. The summed E-state index contributed by atoms with van der Waals surface area (Å²) in [6.07, 6.45) is 7.04. The van der Waals surface area contributed by atoms with E-state index in [4.69, 9.17) is 4.42 Å². The van der Waals surface area contributed by atoms with Crippen molar-refractivity contribution in [2.75, 3.05) is 11.9 Å². The lowest BCUT2D eigenvalue weighted by atomic mass is 10.0. The molecule has 0 atom stereocenters. The van der Waals surface area contributed by atoms with Crippen molar-refractivity contribution in [3.8, 4) is 0 Å². The fraction of sp³-hybridized carbons (Fsp3) is 0.464. The highest BCUT2D eigenvalue weighted by Gasteiger charge is 2.20. The number of carbonyl (C=O) groups is 1. The van der Waals surface area contributed by atoms with Crippen LogP contribution in [0.4, 0.5) is 23.7 Å². The van der Waals surface area contributed by atoms with Crippen molar-refractivity contribution in [2.24, 2.45) is 5.92 Å². The predicted molar refractivity (Wildman–Crippen MR) is 134 cm³/mol. The van der Waals surface area contributed by atoms with Gasteiger partial charge in [0.25, 0.3) is 0 Å². The van der Waals surface area contributed by atoms with Crippen LogP contribution in [0, 0.1) is 23.4 Å². The van der Waals surface area contributed by atoms with Crippen molar-refractivity contribution < 1.29 is 22.4 Å². The molecule has 2 aromatic carbocycles. The molecule has 0 saturated heterocycles. The van der Waals surface area contributed by atoms with Crippen LogP contribution in [0.25, 0.3) is 11.0 Å². The SMILES string of the molecule is CCCCCCCN(Cc1cc2cc(CCC(C)C)ccc2o1)C(=O)Nc1c(F)cc(F)cc1F. The lowest BCUT2D eigenvalue weighted by Gasteiger charge is -2.22. The number of halogens is 3. The molecule has 3 aromatic rings. The van der Waals surface area contributed by atoms with Crippen LogP contribution in [-0.2, 0) is 13.0 Å². The molecule has 4 nitrogen and oxygen atoms in total. The van der Waals surface area contributed by atoms with Gasteiger partial charge in [-0.05, 0) is 48.9 Å². The molecular formula is C28H35F3N2O2. The molecule has 0 aliphatic rings. The van der Waals surface area contributed by atoms with Gasteiger partial charge in [-0.1, -0.05) is 52.5 Å². The molecular weight excluding hydrogens is 453 g/mol. The highest BCUT2D eigenvalue weighted by molar-refractivity contribution is 5.89. The summed E-state index contributed by atoms with van der Waals surface area (Å²) < 4.78 is 47.5. The molecule has 0 spiro atoms. The summed E-state index contributed by atoms with van der Waals surface area (Å²) in [5.74, 6) is -2.15. The van der Waals surface area contributed by atoms with Crippen molar-refractivity contribution in [3.63, 3.8) is 0 Å². The number of amides is 2. The number of hydrogen-bond donors (Lipinski definition) is 1. The zero-order chi connectivity index (χ0) is 25.4. The van der Waals surface area contributed by atoms with Crippen LogP contribution in [0.1, 0.15) is 70.6 Å². The van der Waals surface area contributed by atoms with Crippen LogP contribution < -0.4 is 5.32 Å². The minimum absolute atomic E-state index is 0.153. The number of nitrogens with zero attached hydrogens (tertiary/aromatic N) is 1. The van der Waals surface area contributed by atoms with Crippen LogP contribution in [0.5, 0.6) is 0 Å².